The molecule has 5 fully saturated rings. The lowest BCUT2D eigenvalue weighted by molar-refractivity contribution is -0.170. The fraction of sp³-hybridized carbons (Fsp3) is 0.771. The zero-order valence-electron chi connectivity index (χ0n) is 36.9. The summed E-state index contributed by atoms with van der Waals surface area (Å²) in [6.07, 6.45) is 19.9. The number of rotatable bonds is 12. The number of aromatic nitrogens is 2. The van der Waals surface area contributed by atoms with Crippen molar-refractivity contribution in [3.63, 3.8) is 0 Å². The molecule has 2 heterocycles. The normalized spacial score (nSPS) is 40.0. The number of nitrogens with zero attached hydrogens (tertiary/aromatic N) is 3. The van der Waals surface area contributed by atoms with Crippen LogP contribution in [0.2, 0.25) is 0 Å². The van der Waals surface area contributed by atoms with Gasteiger partial charge in [-0.3, -0.25) is 4.79 Å². The molecule has 59 heavy (non-hydrogen) atoms. The van der Waals surface area contributed by atoms with Gasteiger partial charge in [0, 0.05) is 44.0 Å². The van der Waals surface area contributed by atoms with Crippen molar-refractivity contribution in [2.45, 2.75) is 124 Å². The molecule has 2 N–H and O–H groups in total. The monoisotopic (exact) mass is 833 g/mol. The number of ether oxygens (including phenoxy) is 2. The van der Waals surface area contributed by atoms with Crippen molar-refractivity contribution in [3.05, 3.63) is 47.7 Å². The highest BCUT2D eigenvalue weighted by Crippen LogP contribution is 2.72. The Morgan fingerprint density at radius 1 is 0.966 bits per heavy atom. The van der Waals surface area contributed by atoms with E-state index in [1.54, 1.807) is 19.4 Å². The molecule has 0 bridgehead atoms. The van der Waals surface area contributed by atoms with E-state index in [4.69, 9.17) is 9.47 Å². The van der Waals surface area contributed by atoms with Crippen molar-refractivity contribution in [2.24, 2.45) is 57.2 Å². The lowest BCUT2D eigenvalue weighted by Gasteiger charge is -2.68. The summed E-state index contributed by atoms with van der Waals surface area (Å²) in [6, 6.07) is 1.86. The van der Waals surface area contributed by atoms with Crippen LogP contribution >= 0.6 is 0 Å². The Kier molecular flexibility index (Phi) is 11.5. The molecule has 0 amide bonds. The number of sulfone groups is 1. The Bertz CT molecular complexity index is 1950. The standard InChI is InChI=1S/C48H72N4O6S/c1-32(2)34-14-20-48(50-25-26-52-27-30-59(55,56)31-28-52)22-21-45(5)36-10-11-39-44(3,4)35(15-17-46(39,6)37(36)8-9-38(45)41(34)48)33-12-18-47(19-13-33,42(53)54)23-29-58-43-49-24-16-40(51-43)57-7/h12,15-16,24,34,36-39,41,50H,1,8-11,13-14,17-23,25-31H2,2-7H3,(H,53,54)/t34-,36?,37-,38+,39-,41+,45-,46+,47?,48-/m0/s1. The summed E-state index contributed by atoms with van der Waals surface area (Å²) in [5.41, 5.74) is 4.04. The highest BCUT2D eigenvalue weighted by atomic mass is 32.2. The zero-order chi connectivity index (χ0) is 42.0. The second-order valence-corrected chi connectivity index (χ2v) is 23.5. The number of hydrogen-bond acceptors (Lipinski definition) is 9. The van der Waals surface area contributed by atoms with Gasteiger partial charge < -0.3 is 24.8 Å². The molecule has 11 heteroatoms. The van der Waals surface area contributed by atoms with E-state index in [2.05, 4.69) is 73.5 Å². The number of carboxylic acid groups (broad SMARTS) is 1. The van der Waals surface area contributed by atoms with Crippen LogP contribution in [0, 0.1) is 57.2 Å². The number of fused-ring (bicyclic) bond motifs is 7. The van der Waals surface area contributed by atoms with Gasteiger partial charge in [0.05, 0.1) is 30.6 Å². The van der Waals surface area contributed by atoms with Gasteiger partial charge in [0.25, 0.3) is 0 Å². The fourth-order valence-electron chi connectivity index (χ4n) is 15.0. The summed E-state index contributed by atoms with van der Waals surface area (Å²) in [5.74, 6) is 4.12. The first-order valence-electron chi connectivity index (χ1n) is 22.9. The Morgan fingerprint density at radius 2 is 1.69 bits per heavy atom. The van der Waals surface area contributed by atoms with Crippen LogP contribution in [0.1, 0.15) is 118 Å². The summed E-state index contributed by atoms with van der Waals surface area (Å²) < 4.78 is 35.1. The third-order valence-corrected chi connectivity index (χ3v) is 19.8. The first-order chi connectivity index (χ1) is 28.0. The van der Waals surface area contributed by atoms with E-state index in [1.807, 2.05) is 0 Å². The van der Waals surface area contributed by atoms with E-state index in [0.29, 0.717) is 84.7 Å². The van der Waals surface area contributed by atoms with Crippen molar-refractivity contribution >= 4 is 15.8 Å². The molecule has 0 spiro atoms. The topological polar surface area (TPSA) is 131 Å². The summed E-state index contributed by atoms with van der Waals surface area (Å²) in [5, 5.41) is 14.7. The van der Waals surface area contributed by atoms with E-state index in [0.717, 1.165) is 31.8 Å². The second kappa shape index (κ2) is 15.9. The summed E-state index contributed by atoms with van der Waals surface area (Å²) >= 11 is 0. The van der Waals surface area contributed by atoms with Crippen LogP contribution in [0.15, 0.2) is 47.7 Å². The van der Waals surface area contributed by atoms with Gasteiger partial charge in [-0.1, -0.05) is 52.0 Å². The van der Waals surface area contributed by atoms with Crippen LogP contribution in [-0.4, -0.2) is 91.3 Å². The molecular formula is C48H72N4O6S. The molecule has 0 aromatic carbocycles. The summed E-state index contributed by atoms with van der Waals surface area (Å²) in [7, 11) is -1.33. The van der Waals surface area contributed by atoms with E-state index in [1.165, 1.54) is 68.1 Å². The largest absolute Gasteiger partial charge is 0.481 e. The molecule has 1 aliphatic heterocycles. The molecule has 1 saturated heterocycles. The van der Waals surface area contributed by atoms with Gasteiger partial charge in [0.2, 0.25) is 5.88 Å². The van der Waals surface area contributed by atoms with E-state index in [9.17, 15) is 18.3 Å². The van der Waals surface area contributed by atoms with Gasteiger partial charge in [-0.25, -0.2) is 13.4 Å². The molecule has 4 saturated carbocycles. The highest BCUT2D eigenvalue weighted by Gasteiger charge is 2.66. The zero-order valence-corrected chi connectivity index (χ0v) is 37.7. The molecule has 7 aliphatic rings. The van der Waals surface area contributed by atoms with Crippen LogP contribution in [0.4, 0.5) is 0 Å². The predicted octanol–water partition coefficient (Wildman–Crippen LogP) is 8.31. The maximum absolute atomic E-state index is 12.8. The van der Waals surface area contributed by atoms with Crippen molar-refractivity contribution in [2.75, 3.05) is 51.4 Å². The number of nitrogens with one attached hydrogen (secondary N) is 1. The Hall–Kier alpha value is -2.76. The maximum Gasteiger partial charge on any atom is 0.319 e. The Morgan fingerprint density at radius 3 is 2.39 bits per heavy atom. The number of carboxylic acids is 1. The quantitative estimate of drug-likeness (QED) is 0.198. The molecule has 326 valence electrons. The van der Waals surface area contributed by atoms with Gasteiger partial charge in [0.15, 0.2) is 9.84 Å². The first-order valence-corrected chi connectivity index (χ1v) is 24.8. The lowest BCUT2D eigenvalue weighted by atomic mass is 9.37. The van der Waals surface area contributed by atoms with Crippen molar-refractivity contribution in [3.8, 4) is 11.9 Å². The van der Waals surface area contributed by atoms with Crippen LogP contribution in [0.25, 0.3) is 0 Å². The predicted molar refractivity (Wildman–Crippen MR) is 232 cm³/mol. The van der Waals surface area contributed by atoms with E-state index < -0.39 is 21.2 Å². The molecule has 6 aliphatic carbocycles. The van der Waals surface area contributed by atoms with Gasteiger partial charge in [-0.15, -0.1) is 0 Å². The molecule has 1 aromatic rings. The van der Waals surface area contributed by atoms with Crippen molar-refractivity contribution in [1.82, 2.24) is 20.2 Å². The van der Waals surface area contributed by atoms with Crippen LogP contribution in [0.3, 0.4) is 0 Å². The number of allylic oxidation sites excluding steroid dienone is 5. The number of carbonyl (C=O) groups is 1. The molecule has 10 nitrogen and oxygen atoms in total. The van der Waals surface area contributed by atoms with Gasteiger partial charge >= 0.3 is 12.0 Å². The summed E-state index contributed by atoms with van der Waals surface area (Å²) in [4.78, 5) is 23.5. The smallest absolute Gasteiger partial charge is 0.319 e. The second-order valence-electron chi connectivity index (χ2n) is 21.2. The van der Waals surface area contributed by atoms with Crippen LogP contribution in [0.5, 0.6) is 11.9 Å². The maximum atomic E-state index is 12.8. The highest BCUT2D eigenvalue weighted by molar-refractivity contribution is 7.91. The SMILES string of the molecule is C=C(C)[C@@H]1CC[C@]2(NCCN3CCS(=O)(=O)CC3)CC[C@@]3(C)C4CC[C@H]5C(C)(C)C(C6=CCC(CCOc7nccc(OC)n7)(C(=O)O)CC6)=CC[C@]5(C)[C@H]4CC[C@@H]3[C@@H]12. The number of methoxy groups -OCH3 is 1. The Labute approximate surface area is 354 Å². The minimum Gasteiger partial charge on any atom is -0.481 e. The van der Waals surface area contributed by atoms with E-state index >= 15 is 0 Å². The van der Waals surface area contributed by atoms with Gasteiger partial charge in [0.1, 0.15) is 0 Å². The fourth-order valence-corrected chi connectivity index (χ4v) is 16.3. The van der Waals surface area contributed by atoms with Crippen LogP contribution in [-0.2, 0) is 14.6 Å². The minimum atomic E-state index is -2.87. The average Bonchev–Trinajstić information content (AvgIpc) is 3.59. The summed E-state index contributed by atoms with van der Waals surface area (Å²) in [6.45, 7) is 20.6. The molecule has 10 atom stereocenters. The molecule has 2 unspecified atom stereocenters. The molecular weight excluding hydrogens is 761 g/mol. The number of aliphatic carboxylic acids is 1. The molecule has 1 aromatic heterocycles. The number of hydrogen-bond donors (Lipinski definition) is 2. The molecule has 0 radical (unpaired) electrons. The van der Waals surface area contributed by atoms with Gasteiger partial charge in [-0.05, 0) is 153 Å². The van der Waals surface area contributed by atoms with Crippen molar-refractivity contribution in [1.29, 1.82) is 0 Å². The minimum absolute atomic E-state index is 0.0122. The third kappa shape index (κ3) is 7.53. The first kappa shape index (κ1) is 42.9. The van der Waals surface area contributed by atoms with E-state index in [-0.39, 0.29) is 29.0 Å². The van der Waals surface area contributed by atoms with Crippen LogP contribution < -0.4 is 14.8 Å². The average molecular weight is 833 g/mol. The Balaban J connectivity index is 0.965. The van der Waals surface area contributed by atoms with Crippen molar-refractivity contribution < 1.29 is 27.8 Å². The van der Waals surface area contributed by atoms with Gasteiger partial charge in [-0.2, -0.15) is 4.98 Å². The third-order valence-electron chi connectivity index (χ3n) is 18.2. The lowest BCUT2D eigenvalue weighted by Crippen LogP contribution is -2.65. The molecule has 8 rings (SSSR count).